The highest BCUT2D eigenvalue weighted by Crippen LogP contribution is 2.10. The van der Waals surface area contributed by atoms with Crippen LogP contribution in [0.2, 0.25) is 0 Å². The summed E-state index contributed by atoms with van der Waals surface area (Å²) in [6.07, 6.45) is 0.761. The van der Waals surface area contributed by atoms with E-state index in [1.807, 2.05) is 18.2 Å². The summed E-state index contributed by atoms with van der Waals surface area (Å²) in [4.78, 5) is 24.1. The molecule has 0 aliphatic rings. The monoisotopic (exact) mass is 292 g/mol. The van der Waals surface area contributed by atoms with E-state index in [9.17, 15) is 9.59 Å². The summed E-state index contributed by atoms with van der Waals surface area (Å²) in [7, 11) is 0. The van der Waals surface area contributed by atoms with Crippen molar-refractivity contribution in [3.63, 3.8) is 0 Å². The van der Waals surface area contributed by atoms with E-state index in [1.165, 1.54) is 4.57 Å². The average Bonchev–Trinajstić information content (AvgIpc) is 2.36. The maximum Gasteiger partial charge on any atom is 0.310 e. The van der Waals surface area contributed by atoms with Crippen LogP contribution < -0.4 is 15.7 Å². The van der Waals surface area contributed by atoms with Crippen LogP contribution in [0.25, 0.3) is 10.1 Å². The van der Waals surface area contributed by atoms with Gasteiger partial charge in [-0.3, -0.25) is 14.2 Å². The van der Waals surface area contributed by atoms with Crippen molar-refractivity contribution in [2.75, 3.05) is 6.54 Å². The number of hydrogen-bond donors (Lipinski definition) is 1. The van der Waals surface area contributed by atoms with Crippen molar-refractivity contribution in [2.45, 2.75) is 39.3 Å². The van der Waals surface area contributed by atoms with Gasteiger partial charge < -0.3 is 5.32 Å². The van der Waals surface area contributed by atoms with Crippen LogP contribution >= 0.6 is 11.3 Å². The van der Waals surface area contributed by atoms with Gasteiger partial charge in [-0.05, 0) is 45.9 Å². The predicted octanol–water partition coefficient (Wildman–Crippen LogP) is 2.20. The van der Waals surface area contributed by atoms with Crippen LogP contribution in [-0.4, -0.2) is 16.7 Å². The molecule has 5 heteroatoms. The highest BCUT2D eigenvalue weighted by atomic mass is 32.1. The van der Waals surface area contributed by atoms with Crippen LogP contribution in [0.4, 0.5) is 0 Å². The topological polar surface area (TPSA) is 51.1 Å². The van der Waals surface area contributed by atoms with Crippen molar-refractivity contribution >= 4 is 21.4 Å². The second-order valence-corrected chi connectivity index (χ2v) is 6.84. The lowest BCUT2D eigenvalue weighted by atomic mass is 10.1. The first kappa shape index (κ1) is 14.9. The van der Waals surface area contributed by atoms with Gasteiger partial charge in [0.05, 0.1) is 5.39 Å². The molecule has 0 atom stereocenters. The fraction of sp³-hybridized carbons (Fsp3) is 0.467. The lowest BCUT2D eigenvalue weighted by Gasteiger charge is -2.20. The lowest BCUT2D eigenvalue weighted by Crippen LogP contribution is -2.38. The Labute approximate surface area is 122 Å². The summed E-state index contributed by atoms with van der Waals surface area (Å²) in [5, 5.41) is 3.98. The zero-order valence-corrected chi connectivity index (χ0v) is 12.9. The molecule has 1 aromatic heterocycles. The van der Waals surface area contributed by atoms with Crippen molar-refractivity contribution in [3.05, 3.63) is 44.3 Å². The standard InChI is InChI=1S/C15H20N2O2S/c1-15(2,3)16-9-6-10-17-13(18)11-7-4-5-8-12(11)20-14(17)19/h4-5,7-8,16H,6,9-10H2,1-3H3. The number of benzene rings is 1. The number of hydrogen-bond acceptors (Lipinski definition) is 4. The number of nitrogens with zero attached hydrogens (tertiary/aromatic N) is 1. The molecule has 20 heavy (non-hydrogen) atoms. The third-order valence-electron chi connectivity index (χ3n) is 2.99. The molecule has 0 saturated carbocycles. The predicted molar refractivity (Wildman–Crippen MR) is 84.7 cm³/mol. The van der Waals surface area contributed by atoms with E-state index in [2.05, 4.69) is 26.1 Å². The first-order valence-corrected chi connectivity index (χ1v) is 7.58. The van der Waals surface area contributed by atoms with Crippen LogP contribution in [0.1, 0.15) is 27.2 Å². The zero-order chi connectivity index (χ0) is 14.8. The molecule has 0 saturated heterocycles. The first-order chi connectivity index (χ1) is 9.38. The fourth-order valence-corrected chi connectivity index (χ4v) is 2.89. The molecule has 0 unspecified atom stereocenters. The van der Waals surface area contributed by atoms with Crippen LogP contribution in [-0.2, 0) is 6.54 Å². The van der Waals surface area contributed by atoms with Crippen LogP contribution in [0.15, 0.2) is 33.9 Å². The van der Waals surface area contributed by atoms with Crippen LogP contribution in [0.3, 0.4) is 0 Å². The molecule has 1 aromatic carbocycles. The Kier molecular flexibility index (Phi) is 4.40. The quantitative estimate of drug-likeness (QED) is 0.879. The number of fused-ring (bicyclic) bond motifs is 1. The van der Waals surface area contributed by atoms with Gasteiger partial charge in [-0.2, -0.15) is 0 Å². The molecule has 4 nitrogen and oxygen atoms in total. The third-order valence-corrected chi connectivity index (χ3v) is 3.97. The van der Waals surface area contributed by atoms with Gasteiger partial charge in [0.25, 0.3) is 5.56 Å². The van der Waals surface area contributed by atoms with E-state index >= 15 is 0 Å². The van der Waals surface area contributed by atoms with Crippen molar-refractivity contribution in [1.82, 2.24) is 9.88 Å². The summed E-state index contributed by atoms with van der Waals surface area (Å²) in [5.74, 6) is 0. The molecule has 0 amide bonds. The molecule has 0 aliphatic heterocycles. The van der Waals surface area contributed by atoms with Gasteiger partial charge in [0.2, 0.25) is 0 Å². The second-order valence-electron chi connectivity index (χ2n) is 5.85. The van der Waals surface area contributed by atoms with Crippen LogP contribution in [0, 0.1) is 0 Å². The van der Waals surface area contributed by atoms with Gasteiger partial charge in [-0.1, -0.05) is 23.5 Å². The second kappa shape index (κ2) is 5.89. The molecule has 2 aromatic rings. The lowest BCUT2D eigenvalue weighted by molar-refractivity contribution is 0.412. The van der Waals surface area contributed by atoms with Crippen molar-refractivity contribution in [1.29, 1.82) is 0 Å². The molecular weight excluding hydrogens is 272 g/mol. The maximum absolute atomic E-state index is 12.3. The molecule has 1 N–H and O–H groups in total. The summed E-state index contributed by atoms with van der Waals surface area (Å²) in [5.41, 5.74) is -0.128. The average molecular weight is 292 g/mol. The molecule has 0 spiro atoms. The minimum Gasteiger partial charge on any atom is -0.312 e. The Morgan fingerprint density at radius 3 is 2.60 bits per heavy atom. The van der Waals surface area contributed by atoms with Crippen molar-refractivity contribution < 1.29 is 0 Å². The Morgan fingerprint density at radius 2 is 1.90 bits per heavy atom. The van der Waals surface area contributed by atoms with E-state index < -0.39 is 0 Å². The molecular formula is C15H20N2O2S. The van der Waals surface area contributed by atoms with E-state index in [-0.39, 0.29) is 16.0 Å². The van der Waals surface area contributed by atoms with Gasteiger partial charge in [0.15, 0.2) is 0 Å². The normalized spacial score (nSPS) is 11.9. The Morgan fingerprint density at radius 1 is 1.20 bits per heavy atom. The molecule has 0 fully saturated rings. The Balaban J connectivity index is 2.18. The van der Waals surface area contributed by atoms with Crippen molar-refractivity contribution in [3.8, 4) is 0 Å². The smallest absolute Gasteiger partial charge is 0.310 e. The van der Waals surface area contributed by atoms with Crippen molar-refractivity contribution in [2.24, 2.45) is 0 Å². The van der Waals surface area contributed by atoms with Crippen LogP contribution in [0.5, 0.6) is 0 Å². The Bertz CT molecular complexity index is 710. The van der Waals surface area contributed by atoms with Gasteiger partial charge in [0, 0.05) is 16.8 Å². The highest BCUT2D eigenvalue weighted by Gasteiger charge is 2.09. The number of aromatic nitrogens is 1. The Hall–Kier alpha value is -1.46. The van der Waals surface area contributed by atoms with Gasteiger partial charge in [-0.15, -0.1) is 0 Å². The minimum absolute atomic E-state index is 0.0528. The molecule has 1 heterocycles. The molecule has 0 bridgehead atoms. The minimum atomic E-state index is -0.180. The SMILES string of the molecule is CC(C)(C)NCCCn1c(=O)sc2ccccc2c1=O. The van der Waals surface area contributed by atoms with Gasteiger partial charge in [-0.25, -0.2) is 0 Å². The van der Waals surface area contributed by atoms with E-state index in [1.54, 1.807) is 6.07 Å². The molecule has 0 radical (unpaired) electrons. The first-order valence-electron chi connectivity index (χ1n) is 6.76. The maximum atomic E-state index is 12.3. The number of rotatable bonds is 4. The third kappa shape index (κ3) is 3.55. The summed E-state index contributed by atoms with van der Waals surface area (Å²) >= 11 is 1.13. The zero-order valence-electron chi connectivity index (χ0n) is 12.1. The molecule has 108 valence electrons. The number of nitrogens with one attached hydrogen (secondary N) is 1. The van der Waals surface area contributed by atoms with E-state index in [4.69, 9.17) is 0 Å². The molecule has 2 rings (SSSR count). The fourth-order valence-electron chi connectivity index (χ4n) is 2.00. The van der Waals surface area contributed by atoms with Gasteiger partial charge in [0.1, 0.15) is 0 Å². The summed E-state index contributed by atoms with van der Waals surface area (Å²) in [6, 6.07) is 7.26. The largest absolute Gasteiger partial charge is 0.312 e. The highest BCUT2D eigenvalue weighted by molar-refractivity contribution is 7.16. The van der Waals surface area contributed by atoms with E-state index in [0.29, 0.717) is 11.9 Å². The van der Waals surface area contributed by atoms with Gasteiger partial charge >= 0.3 is 4.87 Å². The van der Waals surface area contributed by atoms with E-state index in [0.717, 1.165) is 29.0 Å². The summed E-state index contributed by atoms with van der Waals surface area (Å²) < 4.78 is 2.10. The molecule has 0 aliphatic carbocycles. The summed E-state index contributed by atoms with van der Waals surface area (Å²) in [6.45, 7) is 7.53.